The molecule has 19 heavy (non-hydrogen) atoms. The van der Waals surface area contributed by atoms with Crippen molar-refractivity contribution in [3.8, 4) is 0 Å². The van der Waals surface area contributed by atoms with Crippen LogP contribution in [-0.2, 0) is 14.2 Å². The molecule has 0 aromatic heterocycles. The van der Waals surface area contributed by atoms with E-state index in [1.807, 2.05) is 13.8 Å². The van der Waals surface area contributed by atoms with Gasteiger partial charge in [-0.1, -0.05) is 45.8 Å². The van der Waals surface area contributed by atoms with Crippen molar-refractivity contribution in [1.82, 2.24) is 0 Å². The summed E-state index contributed by atoms with van der Waals surface area (Å²) in [7, 11) is -1.21. The second kappa shape index (κ2) is 7.77. The van der Waals surface area contributed by atoms with Gasteiger partial charge in [0.25, 0.3) is 0 Å². The first kappa shape index (κ1) is 17.1. The van der Waals surface area contributed by atoms with E-state index >= 15 is 0 Å². The molecule has 1 saturated heterocycles. The molecule has 1 aliphatic rings. The van der Waals surface area contributed by atoms with Crippen LogP contribution in [-0.4, -0.2) is 38.9 Å². The van der Waals surface area contributed by atoms with Crippen molar-refractivity contribution < 1.29 is 14.2 Å². The maximum atomic E-state index is 6.06. The Morgan fingerprint density at radius 1 is 1.16 bits per heavy atom. The predicted octanol–water partition coefficient (Wildman–Crippen LogP) is 3.98. The van der Waals surface area contributed by atoms with Crippen LogP contribution in [0.25, 0.3) is 0 Å². The molecule has 0 spiro atoms. The lowest BCUT2D eigenvalue weighted by Crippen LogP contribution is -2.35. The second-order valence-electron chi connectivity index (χ2n) is 6.58. The zero-order chi connectivity index (χ0) is 14.5. The molecule has 0 saturated carbocycles. The number of rotatable bonds is 10. The first-order chi connectivity index (χ1) is 8.90. The minimum atomic E-state index is -1.21. The molecule has 114 valence electrons. The molecule has 0 radical (unpaired) electrons. The second-order valence-corrected chi connectivity index (χ2v) is 11.9. The van der Waals surface area contributed by atoms with Crippen molar-refractivity contribution >= 4 is 8.07 Å². The Balaban J connectivity index is 2.46. The lowest BCUT2D eigenvalue weighted by Gasteiger charge is -2.22. The quantitative estimate of drug-likeness (QED) is 0.264. The van der Waals surface area contributed by atoms with E-state index in [2.05, 4.69) is 26.6 Å². The van der Waals surface area contributed by atoms with Gasteiger partial charge in [0.15, 0.2) is 6.29 Å². The van der Waals surface area contributed by atoms with Crippen molar-refractivity contribution in [2.45, 2.75) is 90.3 Å². The standard InChI is InChI=1S/C15H32O3Si/c1-7-9-10-11-13(17-12(3)16-8-2)14-15(18-14)19(4,5)6/h12-15H,7-11H2,1-6H3. The van der Waals surface area contributed by atoms with Gasteiger partial charge in [-0.05, 0) is 20.3 Å². The number of unbranched alkanes of at least 4 members (excludes halogenated alkanes) is 2. The average molecular weight is 289 g/mol. The van der Waals surface area contributed by atoms with E-state index in [1.54, 1.807) is 0 Å². The van der Waals surface area contributed by atoms with E-state index in [-0.39, 0.29) is 12.4 Å². The molecule has 0 amide bonds. The zero-order valence-corrected chi connectivity index (χ0v) is 14.6. The Hall–Kier alpha value is 0.0969. The Labute approximate surface area is 120 Å². The molecule has 1 aliphatic heterocycles. The van der Waals surface area contributed by atoms with Gasteiger partial charge in [-0.25, -0.2) is 0 Å². The van der Waals surface area contributed by atoms with Gasteiger partial charge in [0.1, 0.15) is 6.10 Å². The fraction of sp³-hybridized carbons (Fsp3) is 1.00. The summed E-state index contributed by atoms with van der Waals surface area (Å²) in [6, 6.07) is 0. The van der Waals surface area contributed by atoms with E-state index < -0.39 is 8.07 Å². The molecule has 4 unspecified atom stereocenters. The van der Waals surface area contributed by atoms with Crippen LogP contribution in [0.15, 0.2) is 0 Å². The molecule has 0 aromatic carbocycles. The van der Waals surface area contributed by atoms with E-state index in [0.29, 0.717) is 18.4 Å². The first-order valence-electron chi connectivity index (χ1n) is 7.82. The highest BCUT2D eigenvalue weighted by atomic mass is 28.3. The summed E-state index contributed by atoms with van der Waals surface area (Å²) >= 11 is 0. The fourth-order valence-electron chi connectivity index (χ4n) is 2.53. The van der Waals surface area contributed by atoms with Crippen LogP contribution >= 0.6 is 0 Å². The Morgan fingerprint density at radius 3 is 2.32 bits per heavy atom. The molecule has 1 rings (SSSR count). The summed E-state index contributed by atoms with van der Waals surface area (Å²) in [6.45, 7) is 14.0. The predicted molar refractivity (Wildman–Crippen MR) is 82.1 cm³/mol. The third kappa shape index (κ3) is 5.94. The summed E-state index contributed by atoms with van der Waals surface area (Å²) in [5, 5.41) is 0. The molecule has 0 aliphatic carbocycles. The smallest absolute Gasteiger partial charge is 0.155 e. The van der Waals surface area contributed by atoms with Gasteiger partial charge in [0.2, 0.25) is 0 Å². The van der Waals surface area contributed by atoms with Gasteiger partial charge < -0.3 is 14.2 Å². The number of hydrogen-bond acceptors (Lipinski definition) is 3. The van der Waals surface area contributed by atoms with Gasteiger partial charge in [0.05, 0.1) is 19.9 Å². The highest BCUT2D eigenvalue weighted by molar-refractivity contribution is 6.78. The molecule has 4 atom stereocenters. The monoisotopic (exact) mass is 288 g/mol. The topological polar surface area (TPSA) is 31.0 Å². The van der Waals surface area contributed by atoms with Gasteiger partial charge in [0, 0.05) is 6.61 Å². The average Bonchev–Trinajstić information content (AvgIpc) is 3.07. The number of epoxide rings is 1. The van der Waals surface area contributed by atoms with Crippen molar-refractivity contribution in [2.24, 2.45) is 0 Å². The molecule has 0 aromatic rings. The summed E-state index contributed by atoms with van der Waals surface area (Å²) in [5.41, 5.74) is 0.466. The largest absolute Gasteiger partial charge is 0.371 e. The summed E-state index contributed by atoms with van der Waals surface area (Å²) in [4.78, 5) is 0. The molecule has 0 bridgehead atoms. The molecular formula is C15H32O3Si. The van der Waals surface area contributed by atoms with Crippen LogP contribution in [0.3, 0.4) is 0 Å². The van der Waals surface area contributed by atoms with Crippen LogP contribution in [0.2, 0.25) is 19.6 Å². The van der Waals surface area contributed by atoms with Crippen molar-refractivity contribution in [3.05, 3.63) is 0 Å². The minimum absolute atomic E-state index is 0.122. The summed E-state index contributed by atoms with van der Waals surface area (Å²) in [6.07, 6.45) is 5.23. The lowest BCUT2D eigenvalue weighted by molar-refractivity contribution is -0.163. The van der Waals surface area contributed by atoms with Crippen molar-refractivity contribution in [1.29, 1.82) is 0 Å². The molecule has 4 heteroatoms. The Morgan fingerprint density at radius 2 is 1.84 bits per heavy atom. The molecule has 1 fully saturated rings. The maximum absolute atomic E-state index is 6.06. The zero-order valence-electron chi connectivity index (χ0n) is 13.6. The van der Waals surface area contributed by atoms with E-state index in [0.717, 1.165) is 6.42 Å². The van der Waals surface area contributed by atoms with Crippen LogP contribution < -0.4 is 0 Å². The maximum Gasteiger partial charge on any atom is 0.155 e. The molecular weight excluding hydrogens is 256 g/mol. The summed E-state index contributed by atoms with van der Waals surface area (Å²) < 4.78 is 17.5. The van der Waals surface area contributed by atoms with E-state index in [4.69, 9.17) is 14.2 Å². The molecule has 0 N–H and O–H groups in total. The highest BCUT2D eigenvalue weighted by Crippen LogP contribution is 2.36. The van der Waals surface area contributed by atoms with Crippen molar-refractivity contribution in [3.63, 3.8) is 0 Å². The number of ether oxygens (including phenoxy) is 3. The SMILES string of the molecule is CCCCCC(OC(C)OCC)C1OC1[Si](C)(C)C. The van der Waals surface area contributed by atoms with Gasteiger partial charge in [-0.2, -0.15) is 0 Å². The minimum Gasteiger partial charge on any atom is -0.371 e. The van der Waals surface area contributed by atoms with Crippen LogP contribution in [0.4, 0.5) is 0 Å². The number of hydrogen-bond donors (Lipinski definition) is 0. The fourth-order valence-corrected chi connectivity index (χ4v) is 4.29. The van der Waals surface area contributed by atoms with E-state index in [9.17, 15) is 0 Å². The first-order valence-corrected chi connectivity index (χ1v) is 11.4. The van der Waals surface area contributed by atoms with Crippen LogP contribution in [0, 0.1) is 0 Å². The third-order valence-electron chi connectivity index (χ3n) is 3.61. The van der Waals surface area contributed by atoms with Gasteiger partial charge >= 0.3 is 0 Å². The van der Waals surface area contributed by atoms with Crippen LogP contribution in [0.5, 0.6) is 0 Å². The normalized spacial score (nSPS) is 26.2. The summed E-state index contributed by atoms with van der Waals surface area (Å²) in [5.74, 6) is 0. The van der Waals surface area contributed by atoms with Crippen molar-refractivity contribution in [2.75, 3.05) is 6.61 Å². The Bertz CT molecular complexity index is 252. The Kier molecular flexibility index (Phi) is 7.01. The van der Waals surface area contributed by atoms with E-state index in [1.165, 1.54) is 19.3 Å². The molecule has 1 heterocycles. The third-order valence-corrected chi connectivity index (χ3v) is 5.78. The molecule has 3 nitrogen and oxygen atoms in total. The highest BCUT2D eigenvalue weighted by Gasteiger charge is 2.52. The van der Waals surface area contributed by atoms with Crippen LogP contribution in [0.1, 0.15) is 46.5 Å². The van der Waals surface area contributed by atoms with Gasteiger partial charge in [-0.15, -0.1) is 0 Å². The lowest BCUT2D eigenvalue weighted by atomic mass is 10.1. The van der Waals surface area contributed by atoms with Gasteiger partial charge in [-0.3, -0.25) is 0 Å².